The van der Waals surface area contributed by atoms with E-state index in [9.17, 15) is 0 Å². The molecule has 4 nitrogen and oxygen atoms in total. The zero-order valence-electron chi connectivity index (χ0n) is 11.7. The molecule has 2 aromatic rings. The van der Waals surface area contributed by atoms with Crippen LogP contribution in [0, 0.1) is 0 Å². The van der Waals surface area contributed by atoms with Crippen molar-refractivity contribution in [2.24, 2.45) is 0 Å². The Labute approximate surface area is 118 Å². The van der Waals surface area contributed by atoms with Crippen molar-refractivity contribution in [2.75, 3.05) is 19.0 Å². The number of aromatic nitrogens is 2. The Morgan fingerprint density at radius 3 is 3.00 bits per heavy atom. The standard InChI is InChI=1S/C14H21N3OS/c1-11(8-13-4-7-19-10-13)16-14-15-5-6-17(14)12(2)9-18-3/h4-7,10-12H,8-9H2,1-3H3,(H,15,16). The van der Waals surface area contributed by atoms with Crippen molar-refractivity contribution in [3.05, 3.63) is 34.8 Å². The average molecular weight is 279 g/mol. The van der Waals surface area contributed by atoms with Crippen LogP contribution in [0.4, 0.5) is 5.95 Å². The maximum absolute atomic E-state index is 5.20. The lowest BCUT2D eigenvalue weighted by Crippen LogP contribution is -2.22. The molecule has 0 aliphatic heterocycles. The lowest BCUT2D eigenvalue weighted by molar-refractivity contribution is 0.163. The van der Waals surface area contributed by atoms with Gasteiger partial charge in [-0.15, -0.1) is 0 Å². The average Bonchev–Trinajstić information content (AvgIpc) is 3.00. The van der Waals surface area contributed by atoms with Crippen LogP contribution in [0.5, 0.6) is 0 Å². The van der Waals surface area contributed by atoms with Gasteiger partial charge in [0.2, 0.25) is 5.95 Å². The van der Waals surface area contributed by atoms with Crippen LogP contribution in [0.15, 0.2) is 29.2 Å². The molecule has 0 aliphatic rings. The normalized spacial score (nSPS) is 14.3. The van der Waals surface area contributed by atoms with Gasteiger partial charge in [-0.1, -0.05) is 0 Å². The number of imidazole rings is 1. The van der Waals surface area contributed by atoms with Gasteiger partial charge in [-0.3, -0.25) is 0 Å². The number of anilines is 1. The van der Waals surface area contributed by atoms with Gasteiger partial charge in [-0.05, 0) is 42.7 Å². The van der Waals surface area contributed by atoms with Gasteiger partial charge in [0, 0.05) is 25.5 Å². The summed E-state index contributed by atoms with van der Waals surface area (Å²) in [5.74, 6) is 0.910. The van der Waals surface area contributed by atoms with E-state index in [0.29, 0.717) is 12.6 Å². The minimum Gasteiger partial charge on any atom is -0.383 e. The molecule has 19 heavy (non-hydrogen) atoms. The van der Waals surface area contributed by atoms with E-state index in [0.717, 1.165) is 12.4 Å². The fraction of sp³-hybridized carbons (Fsp3) is 0.500. The maximum Gasteiger partial charge on any atom is 0.203 e. The molecule has 0 saturated carbocycles. The van der Waals surface area contributed by atoms with E-state index in [1.807, 2.05) is 12.4 Å². The number of hydrogen-bond donors (Lipinski definition) is 1. The summed E-state index contributed by atoms with van der Waals surface area (Å²) >= 11 is 1.74. The first-order valence-electron chi connectivity index (χ1n) is 6.50. The molecule has 0 bridgehead atoms. The number of nitrogens with one attached hydrogen (secondary N) is 1. The number of nitrogens with zero attached hydrogens (tertiary/aromatic N) is 2. The Kier molecular flexibility index (Phi) is 4.99. The topological polar surface area (TPSA) is 39.1 Å². The molecule has 0 fully saturated rings. The SMILES string of the molecule is COCC(C)n1ccnc1NC(C)Cc1ccsc1. The van der Waals surface area contributed by atoms with Gasteiger partial charge >= 0.3 is 0 Å². The van der Waals surface area contributed by atoms with E-state index < -0.39 is 0 Å². The molecule has 0 radical (unpaired) electrons. The molecule has 0 saturated heterocycles. The molecule has 1 N–H and O–H groups in total. The van der Waals surface area contributed by atoms with Crippen LogP contribution in [-0.2, 0) is 11.2 Å². The highest BCUT2D eigenvalue weighted by Crippen LogP contribution is 2.16. The molecule has 0 amide bonds. The quantitative estimate of drug-likeness (QED) is 0.846. The first-order chi connectivity index (χ1) is 9.20. The zero-order chi connectivity index (χ0) is 13.7. The van der Waals surface area contributed by atoms with E-state index in [1.54, 1.807) is 18.4 Å². The van der Waals surface area contributed by atoms with Crippen LogP contribution < -0.4 is 5.32 Å². The first-order valence-corrected chi connectivity index (χ1v) is 7.44. The lowest BCUT2D eigenvalue weighted by Gasteiger charge is -2.19. The molecule has 2 rings (SSSR count). The number of hydrogen-bond acceptors (Lipinski definition) is 4. The summed E-state index contributed by atoms with van der Waals surface area (Å²) in [5.41, 5.74) is 1.37. The Morgan fingerprint density at radius 2 is 2.32 bits per heavy atom. The number of ether oxygens (including phenoxy) is 1. The number of rotatable bonds is 7. The third-order valence-electron chi connectivity index (χ3n) is 3.05. The van der Waals surface area contributed by atoms with Crippen molar-refractivity contribution in [1.82, 2.24) is 9.55 Å². The second-order valence-electron chi connectivity index (χ2n) is 4.84. The Balaban J connectivity index is 1.97. The second-order valence-corrected chi connectivity index (χ2v) is 5.62. The summed E-state index contributed by atoms with van der Waals surface area (Å²) in [6.07, 6.45) is 4.82. The molecule has 5 heteroatoms. The molecule has 0 spiro atoms. The first kappa shape index (κ1) is 14.1. The largest absolute Gasteiger partial charge is 0.383 e. The summed E-state index contributed by atoms with van der Waals surface area (Å²) in [4.78, 5) is 4.39. The van der Waals surface area contributed by atoms with E-state index >= 15 is 0 Å². The summed E-state index contributed by atoms with van der Waals surface area (Å²) in [6, 6.07) is 2.80. The van der Waals surface area contributed by atoms with Crippen LogP contribution in [0.2, 0.25) is 0 Å². The Hall–Kier alpha value is -1.33. The van der Waals surface area contributed by atoms with E-state index in [2.05, 4.69) is 45.5 Å². The lowest BCUT2D eigenvalue weighted by atomic mass is 10.1. The van der Waals surface area contributed by atoms with Crippen molar-refractivity contribution in [1.29, 1.82) is 0 Å². The van der Waals surface area contributed by atoms with Crippen molar-refractivity contribution >= 4 is 17.3 Å². The van der Waals surface area contributed by atoms with Crippen LogP contribution in [0.1, 0.15) is 25.5 Å². The monoisotopic (exact) mass is 279 g/mol. The highest BCUT2D eigenvalue weighted by atomic mass is 32.1. The van der Waals surface area contributed by atoms with E-state index in [4.69, 9.17) is 4.74 Å². The minimum atomic E-state index is 0.281. The zero-order valence-corrected chi connectivity index (χ0v) is 12.5. The van der Waals surface area contributed by atoms with Gasteiger partial charge in [0.05, 0.1) is 12.6 Å². The summed E-state index contributed by atoms with van der Waals surface area (Å²) in [5, 5.41) is 7.78. The van der Waals surface area contributed by atoms with Gasteiger partial charge in [0.1, 0.15) is 0 Å². The Bertz CT molecular complexity index is 481. The van der Waals surface area contributed by atoms with Crippen molar-refractivity contribution in [2.45, 2.75) is 32.4 Å². The number of thiophene rings is 1. The molecular formula is C14H21N3OS. The van der Waals surface area contributed by atoms with Gasteiger partial charge in [-0.25, -0.2) is 4.98 Å². The van der Waals surface area contributed by atoms with Gasteiger partial charge in [0.25, 0.3) is 0 Å². The molecular weight excluding hydrogens is 258 g/mol. The fourth-order valence-corrected chi connectivity index (χ4v) is 2.82. The van der Waals surface area contributed by atoms with Gasteiger partial charge in [0.15, 0.2) is 0 Å². The smallest absolute Gasteiger partial charge is 0.203 e. The van der Waals surface area contributed by atoms with Crippen LogP contribution >= 0.6 is 11.3 Å². The molecule has 2 heterocycles. The molecule has 0 aromatic carbocycles. The van der Waals surface area contributed by atoms with Gasteiger partial charge in [-0.2, -0.15) is 11.3 Å². The summed E-state index contributed by atoms with van der Waals surface area (Å²) in [6.45, 7) is 4.99. The third kappa shape index (κ3) is 3.81. The number of methoxy groups -OCH3 is 1. The molecule has 2 unspecified atom stereocenters. The predicted molar refractivity (Wildman–Crippen MR) is 79.9 cm³/mol. The molecule has 2 aromatic heterocycles. The van der Waals surface area contributed by atoms with Crippen LogP contribution in [0.25, 0.3) is 0 Å². The highest BCUT2D eigenvalue weighted by molar-refractivity contribution is 7.07. The minimum absolute atomic E-state index is 0.281. The van der Waals surface area contributed by atoms with E-state index in [1.165, 1.54) is 5.56 Å². The molecule has 2 atom stereocenters. The predicted octanol–water partition coefficient (Wildman–Crippen LogP) is 3.20. The second kappa shape index (κ2) is 6.73. The highest BCUT2D eigenvalue weighted by Gasteiger charge is 2.12. The van der Waals surface area contributed by atoms with E-state index in [-0.39, 0.29) is 6.04 Å². The third-order valence-corrected chi connectivity index (χ3v) is 3.78. The fourth-order valence-electron chi connectivity index (χ4n) is 2.14. The van der Waals surface area contributed by atoms with Crippen LogP contribution in [0.3, 0.4) is 0 Å². The van der Waals surface area contributed by atoms with Gasteiger partial charge < -0.3 is 14.6 Å². The van der Waals surface area contributed by atoms with Crippen molar-refractivity contribution < 1.29 is 4.74 Å². The Morgan fingerprint density at radius 1 is 1.47 bits per heavy atom. The molecule has 104 valence electrons. The van der Waals surface area contributed by atoms with Crippen molar-refractivity contribution in [3.63, 3.8) is 0 Å². The molecule has 0 aliphatic carbocycles. The van der Waals surface area contributed by atoms with Crippen molar-refractivity contribution in [3.8, 4) is 0 Å². The maximum atomic E-state index is 5.20. The van der Waals surface area contributed by atoms with Crippen LogP contribution in [-0.4, -0.2) is 29.3 Å². The summed E-state index contributed by atoms with van der Waals surface area (Å²) in [7, 11) is 1.72. The summed E-state index contributed by atoms with van der Waals surface area (Å²) < 4.78 is 7.32.